The van der Waals surface area contributed by atoms with Gasteiger partial charge in [0.1, 0.15) is 5.82 Å². The molecule has 0 saturated heterocycles. The lowest BCUT2D eigenvalue weighted by Crippen LogP contribution is -2.22. The highest BCUT2D eigenvalue weighted by Gasteiger charge is 2.31. The summed E-state index contributed by atoms with van der Waals surface area (Å²) in [6.45, 7) is 0. The lowest BCUT2D eigenvalue weighted by Gasteiger charge is -2.22. The van der Waals surface area contributed by atoms with Crippen LogP contribution in [0.25, 0.3) is 11.6 Å². The summed E-state index contributed by atoms with van der Waals surface area (Å²) >= 11 is 3.41. The first-order chi connectivity index (χ1) is 15.3. The van der Waals surface area contributed by atoms with Gasteiger partial charge in [-0.05, 0) is 41.0 Å². The Morgan fingerprint density at radius 3 is 2.56 bits per heavy atom. The zero-order chi connectivity index (χ0) is 22.8. The Balaban J connectivity index is 1.86. The number of nitrogens with zero attached hydrogens (tertiary/aromatic N) is 1. The van der Waals surface area contributed by atoms with Crippen molar-refractivity contribution in [3.8, 4) is 0 Å². The van der Waals surface area contributed by atoms with E-state index < -0.39 is 22.3 Å². The highest BCUT2D eigenvalue weighted by Crippen LogP contribution is 2.37. The van der Waals surface area contributed by atoms with E-state index in [1.165, 1.54) is 48.6 Å². The van der Waals surface area contributed by atoms with Gasteiger partial charge in [-0.25, -0.2) is 4.39 Å². The fourth-order valence-corrected chi connectivity index (χ4v) is 4.03. The van der Waals surface area contributed by atoms with Crippen LogP contribution in [0.3, 0.4) is 0 Å². The second-order valence-corrected chi connectivity index (χ2v) is 8.10. The SMILES string of the molecule is O=C(C=Cc1cccc([N+](=O)[O-])c1)C1=C(c2ccccc2F)c2cc(Br)ccc2CC1=O. The van der Waals surface area contributed by atoms with Gasteiger partial charge in [0.15, 0.2) is 11.6 Å². The zero-order valence-electron chi connectivity index (χ0n) is 16.5. The van der Waals surface area contributed by atoms with E-state index in [-0.39, 0.29) is 28.8 Å². The molecule has 0 unspecified atom stereocenters. The second-order valence-electron chi connectivity index (χ2n) is 7.18. The van der Waals surface area contributed by atoms with Crippen molar-refractivity contribution < 1.29 is 18.9 Å². The molecule has 158 valence electrons. The van der Waals surface area contributed by atoms with Gasteiger partial charge in [-0.15, -0.1) is 0 Å². The van der Waals surface area contributed by atoms with E-state index >= 15 is 0 Å². The lowest BCUT2D eigenvalue weighted by molar-refractivity contribution is -0.384. The molecule has 0 atom stereocenters. The Morgan fingerprint density at radius 1 is 1.03 bits per heavy atom. The number of fused-ring (bicyclic) bond motifs is 1. The monoisotopic (exact) mass is 491 g/mol. The van der Waals surface area contributed by atoms with Crippen molar-refractivity contribution in [2.24, 2.45) is 0 Å². The van der Waals surface area contributed by atoms with Crippen molar-refractivity contribution >= 4 is 44.8 Å². The van der Waals surface area contributed by atoms with Crippen molar-refractivity contribution in [3.63, 3.8) is 0 Å². The van der Waals surface area contributed by atoms with Gasteiger partial charge in [0, 0.05) is 34.2 Å². The van der Waals surface area contributed by atoms with Crippen molar-refractivity contribution in [3.05, 3.63) is 121 Å². The Bertz CT molecular complexity index is 1340. The topological polar surface area (TPSA) is 77.3 Å². The van der Waals surface area contributed by atoms with Crippen molar-refractivity contribution in [2.75, 3.05) is 0 Å². The average molecular weight is 492 g/mol. The van der Waals surface area contributed by atoms with Gasteiger partial charge >= 0.3 is 0 Å². The third-order valence-electron chi connectivity index (χ3n) is 5.12. The fraction of sp³-hybridized carbons (Fsp3) is 0.0400. The molecule has 0 N–H and O–H groups in total. The molecule has 0 aliphatic heterocycles. The summed E-state index contributed by atoms with van der Waals surface area (Å²) in [6.07, 6.45) is 2.62. The van der Waals surface area contributed by atoms with E-state index in [2.05, 4.69) is 15.9 Å². The molecular formula is C25H15BrFNO4. The minimum Gasteiger partial charge on any atom is -0.294 e. The van der Waals surface area contributed by atoms with E-state index in [1.807, 2.05) is 0 Å². The molecule has 0 heterocycles. The highest BCUT2D eigenvalue weighted by atomic mass is 79.9. The summed E-state index contributed by atoms with van der Waals surface area (Å²) in [6, 6.07) is 17.1. The molecule has 5 nitrogen and oxygen atoms in total. The minimum atomic E-state index is -0.592. The maximum atomic E-state index is 14.8. The van der Waals surface area contributed by atoms with Crippen LogP contribution in [0.2, 0.25) is 0 Å². The van der Waals surface area contributed by atoms with E-state index in [0.717, 1.165) is 4.47 Å². The van der Waals surface area contributed by atoms with E-state index in [0.29, 0.717) is 16.7 Å². The highest BCUT2D eigenvalue weighted by molar-refractivity contribution is 9.10. The molecule has 4 rings (SSSR count). The third kappa shape index (κ3) is 4.20. The van der Waals surface area contributed by atoms with Crippen LogP contribution in [0.15, 0.2) is 82.9 Å². The van der Waals surface area contributed by atoms with Crippen LogP contribution in [0.4, 0.5) is 10.1 Å². The van der Waals surface area contributed by atoms with E-state index in [4.69, 9.17) is 0 Å². The first kappa shape index (κ1) is 21.5. The average Bonchev–Trinajstić information content (AvgIpc) is 2.77. The zero-order valence-corrected chi connectivity index (χ0v) is 18.1. The summed E-state index contributed by atoms with van der Waals surface area (Å²) in [5, 5.41) is 11.0. The molecule has 32 heavy (non-hydrogen) atoms. The molecule has 0 fully saturated rings. The number of rotatable bonds is 5. The van der Waals surface area contributed by atoms with Crippen LogP contribution in [0, 0.1) is 15.9 Å². The summed E-state index contributed by atoms with van der Waals surface area (Å²) in [7, 11) is 0. The molecule has 0 saturated carbocycles. The molecule has 1 aliphatic carbocycles. The number of benzene rings is 3. The number of ketones is 2. The number of allylic oxidation sites excluding steroid dienone is 2. The van der Waals surface area contributed by atoms with Gasteiger partial charge in [0.25, 0.3) is 5.69 Å². The predicted octanol–water partition coefficient (Wildman–Crippen LogP) is 5.71. The quantitative estimate of drug-likeness (QED) is 0.198. The second kappa shape index (κ2) is 8.80. The summed E-state index contributed by atoms with van der Waals surface area (Å²) in [4.78, 5) is 36.6. The van der Waals surface area contributed by atoms with Gasteiger partial charge in [-0.2, -0.15) is 0 Å². The molecule has 0 bridgehead atoms. The molecule has 0 radical (unpaired) electrons. The van der Waals surface area contributed by atoms with Crippen LogP contribution in [-0.4, -0.2) is 16.5 Å². The maximum Gasteiger partial charge on any atom is 0.270 e. The van der Waals surface area contributed by atoms with Crippen molar-refractivity contribution in [2.45, 2.75) is 6.42 Å². The number of carbonyl (C=O) groups excluding carboxylic acids is 2. The first-order valence-electron chi connectivity index (χ1n) is 9.63. The molecule has 3 aromatic carbocycles. The Kier molecular flexibility index (Phi) is 5.92. The number of nitro groups is 1. The Hall–Kier alpha value is -3.71. The Labute approximate surface area is 191 Å². The van der Waals surface area contributed by atoms with Crippen LogP contribution in [0.5, 0.6) is 0 Å². The number of carbonyl (C=O) groups is 2. The molecule has 0 amide bonds. The van der Waals surface area contributed by atoms with Crippen molar-refractivity contribution in [1.82, 2.24) is 0 Å². The maximum absolute atomic E-state index is 14.8. The number of Topliss-reactive ketones (excluding diaryl/α,β-unsaturated/α-hetero) is 1. The minimum absolute atomic E-state index is 0.0201. The third-order valence-corrected chi connectivity index (χ3v) is 5.61. The smallest absolute Gasteiger partial charge is 0.270 e. The number of non-ortho nitro benzene ring substituents is 1. The van der Waals surface area contributed by atoms with E-state index in [9.17, 15) is 24.1 Å². The number of hydrogen-bond donors (Lipinski definition) is 0. The summed E-state index contributed by atoms with van der Waals surface area (Å²) < 4.78 is 15.5. The molecular weight excluding hydrogens is 477 g/mol. The van der Waals surface area contributed by atoms with Crippen LogP contribution < -0.4 is 0 Å². The summed E-state index contributed by atoms with van der Waals surface area (Å²) in [5.41, 5.74) is 1.93. The van der Waals surface area contributed by atoms with Gasteiger partial charge in [0.2, 0.25) is 0 Å². The fourth-order valence-electron chi connectivity index (χ4n) is 3.67. The molecule has 3 aromatic rings. The van der Waals surface area contributed by atoms with Crippen LogP contribution in [0.1, 0.15) is 22.3 Å². The molecule has 0 spiro atoms. The Morgan fingerprint density at radius 2 is 1.81 bits per heavy atom. The van der Waals surface area contributed by atoms with Gasteiger partial charge in [-0.3, -0.25) is 19.7 Å². The van der Waals surface area contributed by atoms with Crippen molar-refractivity contribution in [1.29, 1.82) is 0 Å². The summed E-state index contributed by atoms with van der Waals surface area (Å²) in [5.74, 6) is -1.55. The number of hydrogen-bond acceptors (Lipinski definition) is 4. The van der Waals surface area contributed by atoms with Crippen LogP contribution in [-0.2, 0) is 16.0 Å². The van der Waals surface area contributed by atoms with Gasteiger partial charge in [-0.1, -0.05) is 58.4 Å². The standard InChI is InChI=1S/C25H15BrFNO4/c26-17-10-9-16-13-23(30)25(24(20(16)14-17)19-6-1-2-7-21(19)27)22(29)11-8-15-4-3-5-18(12-15)28(31)32/h1-12,14H,13H2. The number of halogens is 2. The number of nitro benzene ring substituents is 1. The van der Waals surface area contributed by atoms with Gasteiger partial charge < -0.3 is 0 Å². The predicted molar refractivity (Wildman–Crippen MR) is 122 cm³/mol. The normalized spacial score (nSPS) is 13.4. The van der Waals surface area contributed by atoms with Gasteiger partial charge in [0.05, 0.1) is 10.5 Å². The first-order valence-corrected chi connectivity index (χ1v) is 10.4. The molecule has 7 heteroatoms. The van der Waals surface area contributed by atoms with Crippen LogP contribution >= 0.6 is 15.9 Å². The molecule has 1 aliphatic rings. The largest absolute Gasteiger partial charge is 0.294 e. The lowest BCUT2D eigenvalue weighted by atomic mass is 9.80. The molecule has 0 aromatic heterocycles. The van der Waals surface area contributed by atoms with E-state index in [1.54, 1.807) is 30.3 Å².